The summed E-state index contributed by atoms with van der Waals surface area (Å²) in [6.07, 6.45) is -4.67. The molecule has 1 rings (SSSR count). The van der Waals surface area contributed by atoms with Gasteiger partial charge in [0.25, 0.3) is 0 Å². The monoisotopic (exact) mass is 292 g/mol. The molecule has 0 atom stereocenters. The average molecular weight is 292 g/mol. The molecule has 2 amide bonds. The van der Waals surface area contributed by atoms with Gasteiger partial charge in [-0.05, 0) is 32.0 Å². The summed E-state index contributed by atoms with van der Waals surface area (Å²) in [5, 5.41) is 4.03. The molecule has 2 N–H and O–H groups in total. The first-order valence-electron chi connectivity index (χ1n) is 5.60. The largest absolute Gasteiger partial charge is 0.416 e. The molecular formula is C12H12F4N2O2. The van der Waals surface area contributed by atoms with Crippen molar-refractivity contribution in [1.29, 1.82) is 0 Å². The first-order valence-corrected chi connectivity index (χ1v) is 5.60. The standard InChI is InChI=1S/C12H12F4N2O2/c1-6(2)17-10(19)11(20)18-9-5-7(12(14,15)16)3-4-8(9)13/h3-6H,1-2H3,(H,17,19)(H,18,20). The van der Waals surface area contributed by atoms with Crippen LogP contribution in [0.4, 0.5) is 23.2 Å². The third kappa shape index (κ3) is 4.22. The molecule has 0 aliphatic carbocycles. The Labute approximate surface area is 112 Å². The van der Waals surface area contributed by atoms with Crippen LogP contribution in [0, 0.1) is 5.82 Å². The lowest BCUT2D eigenvalue weighted by molar-refractivity contribution is -0.137. The molecule has 0 bridgehead atoms. The van der Waals surface area contributed by atoms with Gasteiger partial charge in [-0.25, -0.2) is 4.39 Å². The van der Waals surface area contributed by atoms with Crippen molar-refractivity contribution in [3.8, 4) is 0 Å². The molecule has 0 unspecified atom stereocenters. The number of hydrogen-bond acceptors (Lipinski definition) is 2. The molecule has 0 spiro atoms. The fourth-order valence-electron chi connectivity index (χ4n) is 1.30. The van der Waals surface area contributed by atoms with Gasteiger partial charge in [-0.3, -0.25) is 9.59 Å². The van der Waals surface area contributed by atoms with Crippen molar-refractivity contribution < 1.29 is 27.2 Å². The molecule has 0 aliphatic rings. The fraction of sp³-hybridized carbons (Fsp3) is 0.333. The Bertz CT molecular complexity index is 527. The van der Waals surface area contributed by atoms with E-state index in [0.29, 0.717) is 18.2 Å². The minimum atomic E-state index is -4.67. The summed E-state index contributed by atoms with van der Waals surface area (Å²) in [5.74, 6) is -3.36. The van der Waals surface area contributed by atoms with Crippen LogP contribution in [0.1, 0.15) is 19.4 Å². The molecule has 0 aliphatic heterocycles. The Balaban J connectivity index is 2.92. The van der Waals surface area contributed by atoms with Crippen molar-refractivity contribution in [2.75, 3.05) is 5.32 Å². The van der Waals surface area contributed by atoms with E-state index in [4.69, 9.17) is 0 Å². The number of hydrogen-bond donors (Lipinski definition) is 2. The van der Waals surface area contributed by atoms with E-state index in [9.17, 15) is 27.2 Å². The second kappa shape index (κ2) is 5.89. The van der Waals surface area contributed by atoms with Crippen LogP contribution in [0.25, 0.3) is 0 Å². The summed E-state index contributed by atoms with van der Waals surface area (Å²) in [6, 6.07) is 1.20. The molecule has 20 heavy (non-hydrogen) atoms. The van der Waals surface area contributed by atoms with E-state index in [2.05, 4.69) is 5.32 Å². The lowest BCUT2D eigenvalue weighted by atomic mass is 10.2. The fourth-order valence-corrected chi connectivity index (χ4v) is 1.30. The minimum absolute atomic E-state index is 0.334. The Morgan fingerprint density at radius 1 is 1.15 bits per heavy atom. The number of carbonyl (C=O) groups is 2. The maximum absolute atomic E-state index is 13.3. The van der Waals surface area contributed by atoms with Gasteiger partial charge >= 0.3 is 18.0 Å². The highest BCUT2D eigenvalue weighted by molar-refractivity contribution is 6.39. The highest BCUT2D eigenvalue weighted by Gasteiger charge is 2.31. The predicted molar refractivity (Wildman–Crippen MR) is 63.3 cm³/mol. The van der Waals surface area contributed by atoms with Crippen LogP contribution in [0.3, 0.4) is 0 Å². The summed E-state index contributed by atoms with van der Waals surface area (Å²) >= 11 is 0. The van der Waals surface area contributed by atoms with E-state index in [-0.39, 0.29) is 6.04 Å². The van der Waals surface area contributed by atoms with Crippen LogP contribution in [-0.4, -0.2) is 17.9 Å². The van der Waals surface area contributed by atoms with Gasteiger partial charge in [0, 0.05) is 6.04 Å². The summed E-state index contributed by atoms with van der Waals surface area (Å²) in [6.45, 7) is 3.19. The maximum Gasteiger partial charge on any atom is 0.416 e. The van der Waals surface area contributed by atoms with E-state index < -0.39 is 35.1 Å². The SMILES string of the molecule is CC(C)NC(=O)C(=O)Nc1cc(C(F)(F)F)ccc1F. The van der Waals surface area contributed by atoms with Crippen molar-refractivity contribution in [3.05, 3.63) is 29.6 Å². The molecular weight excluding hydrogens is 280 g/mol. The highest BCUT2D eigenvalue weighted by Crippen LogP contribution is 2.31. The summed E-state index contributed by atoms with van der Waals surface area (Å²) in [5.41, 5.74) is -1.83. The van der Waals surface area contributed by atoms with Gasteiger partial charge in [0.05, 0.1) is 11.3 Å². The zero-order valence-corrected chi connectivity index (χ0v) is 10.6. The van der Waals surface area contributed by atoms with E-state index in [1.165, 1.54) is 0 Å². The molecule has 0 heterocycles. The molecule has 4 nitrogen and oxygen atoms in total. The van der Waals surface area contributed by atoms with Crippen LogP contribution < -0.4 is 10.6 Å². The lowest BCUT2D eigenvalue weighted by Crippen LogP contribution is -2.39. The second-order valence-corrected chi connectivity index (χ2v) is 4.27. The molecule has 1 aromatic carbocycles. The Morgan fingerprint density at radius 2 is 1.75 bits per heavy atom. The first-order chi connectivity index (χ1) is 9.11. The molecule has 110 valence electrons. The molecule has 1 aromatic rings. The highest BCUT2D eigenvalue weighted by atomic mass is 19.4. The minimum Gasteiger partial charge on any atom is -0.346 e. The number of anilines is 1. The van der Waals surface area contributed by atoms with Gasteiger partial charge in [0.1, 0.15) is 5.82 Å². The quantitative estimate of drug-likeness (QED) is 0.649. The van der Waals surface area contributed by atoms with E-state index in [1.54, 1.807) is 19.2 Å². The average Bonchev–Trinajstić information content (AvgIpc) is 2.29. The molecule has 0 fully saturated rings. The third-order valence-electron chi connectivity index (χ3n) is 2.17. The van der Waals surface area contributed by atoms with Gasteiger partial charge < -0.3 is 10.6 Å². The Morgan fingerprint density at radius 3 is 2.25 bits per heavy atom. The number of carbonyl (C=O) groups excluding carboxylic acids is 2. The Kier molecular flexibility index (Phi) is 4.69. The van der Waals surface area contributed by atoms with Gasteiger partial charge in [-0.1, -0.05) is 0 Å². The maximum atomic E-state index is 13.3. The van der Waals surface area contributed by atoms with Crippen LogP contribution in [0.15, 0.2) is 18.2 Å². The van der Waals surface area contributed by atoms with Crippen LogP contribution in [-0.2, 0) is 15.8 Å². The van der Waals surface area contributed by atoms with Gasteiger partial charge in [-0.15, -0.1) is 0 Å². The van der Waals surface area contributed by atoms with E-state index >= 15 is 0 Å². The zero-order valence-electron chi connectivity index (χ0n) is 10.6. The number of amides is 2. The van der Waals surface area contributed by atoms with Crippen LogP contribution >= 0.6 is 0 Å². The number of rotatable bonds is 2. The molecule has 0 saturated heterocycles. The molecule has 8 heteroatoms. The van der Waals surface area contributed by atoms with Crippen molar-refractivity contribution in [1.82, 2.24) is 5.32 Å². The first kappa shape index (κ1) is 15.9. The number of halogens is 4. The smallest absolute Gasteiger partial charge is 0.346 e. The van der Waals surface area contributed by atoms with E-state index in [1.807, 2.05) is 0 Å². The number of alkyl halides is 3. The summed E-state index contributed by atoms with van der Waals surface area (Å²) in [7, 11) is 0. The predicted octanol–water partition coefficient (Wildman–Crippen LogP) is 2.31. The third-order valence-corrected chi connectivity index (χ3v) is 2.17. The second-order valence-electron chi connectivity index (χ2n) is 4.27. The zero-order chi connectivity index (χ0) is 15.5. The topological polar surface area (TPSA) is 58.2 Å². The molecule has 0 aromatic heterocycles. The summed E-state index contributed by atoms with van der Waals surface area (Å²) < 4.78 is 50.7. The van der Waals surface area contributed by atoms with Crippen molar-refractivity contribution in [3.63, 3.8) is 0 Å². The Hall–Kier alpha value is -2.12. The molecule has 0 radical (unpaired) electrons. The van der Waals surface area contributed by atoms with Crippen molar-refractivity contribution in [2.24, 2.45) is 0 Å². The van der Waals surface area contributed by atoms with Crippen LogP contribution in [0.5, 0.6) is 0 Å². The van der Waals surface area contributed by atoms with Gasteiger partial charge in [0.2, 0.25) is 0 Å². The number of nitrogens with one attached hydrogen (secondary N) is 2. The number of benzene rings is 1. The lowest BCUT2D eigenvalue weighted by Gasteiger charge is -2.11. The van der Waals surface area contributed by atoms with Crippen molar-refractivity contribution >= 4 is 17.5 Å². The van der Waals surface area contributed by atoms with Crippen LogP contribution in [0.2, 0.25) is 0 Å². The van der Waals surface area contributed by atoms with Gasteiger partial charge in [0.15, 0.2) is 0 Å². The van der Waals surface area contributed by atoms with E-state index in [0.717, 1.165) is 0 Å². The normalized spacial score (nSPS) is 11.3. The molecule has 0 saturated carbocycles. The van der Waals surface area contributed by atoms with Gasteiger partial charge in [-0.2, -0.15) is 13.2 Å². The van der Waals surface area contributed by atoms with Crippen molar-refractivity contribution in [2.45, 2.75) is 26.1 Å². The summed E-state index contributed by atoms with van der Waals surface area (Å²) in [4.78, 5) is 22.7.